The van der Waals surface area contributed by atoms with E-state index in [2.05, 4.69) is 21.0 Å². The predicted molar refractivity (Wildman–Crippen MR) is 65.0 cm³/mol. The first-order valence-corrected chi connectivity index (χ1v) is 6.24. The van der Waals surface area contributed by atoms with Crippen LogP contribution >= 0.6 is 27.3 Å². The van der Waals surface area contributed by atoms with E-state index in [4.69, 9.17) is 5.11 Å². The van der Waals surface area contributed by atoms with Crippen LogP contribution in [-0.4, -0.2) is 20.9 Å². The molecular formula is C10H9BrN2O2S. The fourth-order valence-corrected chi connectivity index (χ4v) is 2.85. The number of aromatic nitrogens is 2. The van der Waals surface area contributed by atoms with E-state index in [0.29, 0.717) is 12.2 Å². The summed E-state index contributed by atoms with van der Waals surface area (Å²) in [5, 5.41) is 15.0. The second-order valence-corrected chi connectivity index (χ2v) is 5.15. The maximum absolute atomic E-state index is 10.8. The molecule has 2 heterocycles. The van der Waals surface area contributed by atoms with Gasteiger partial charge >= 0.3 is 5.97 Å². The van der Waals surface area contributed by atoms with Crippen molar-refractivity contribution < 1.29 is 9.90 Å². The summed E-state index contributed by atoms with van der Waals surface area (Å²) in [6.07, 6.45) is 1.39. The Morgan fingerprint density at radius 1 is 1.69 bits per heavy atom. The summed E-state index contributed by atoms with van der Waals surface area (Å²) < 4.78 is 2.73. The number of halogens is 1. The highest BCUT2D eigenvalue weighted by atomic mass is 79.9. The summed E-state index contributed by atoms with van der Waals surface area (Å²) >= 11 is 5.05. The minimum atomic E-state index is -0.936. The van der Waals surface area contributed by atoms with Gasteiger partial charge in [0.25, 0.3) is 0 Å². The number of hydrogen-bond donors (Lipinski definition) is 1. The summed E-state index contributed by atoms with van der Waals surface area (Å²) in [5.74, 6) is -0.936. The predicted octanol–water partition coefficient (Wildman–Crippen LogP) is 2.76. The lowest BCUT2D eigenvalue weighted by atomic mass is 10.3. The standard InChI is InChI=1S/C10H9BrN2O2S/c1-6-7(10(14)15)4-12-13(6)5-9-8(11)2-3-16-9/h2-4H,5H2,1H3,(H,14,15). The number of rotatable bonds is 3. The molecule has 16 heavy (non-hydrogen) atoms. The quantitative estimate of drug-likeness (QED) is 0.948. The van der Waals surface area contributed by atoms with E-state index in [-0.39, 0.29) is 5.56 Å². The fourth-order valence-electron chi connectivity index (χ4n) is 1.39. The smallest absolute Gasteiger partial charge is 0.339 e. The minimum Gasteiger partial charge on any atom is -0.478 e. The zero-order chi connectivity index (χ0) is 11.7. The van der Waals surface area contributed by atoms with Crippen molar-refractivity contribution >= 4 is 33.2 Å². The van der Waals surface area contributed by atoms with E-state index in [1.807, 2.05) is 11.4 Å². The summed E-state index contributed by atoms with van der Waals surface area (Å²) in [6.45, 7) is 2.36. The Bertz CT molecular complexity index is 533. The highest BCUT2D eigenvalue weighted by Gasteiger charge is 2.13. The van der Waals surface area contributed by atoms with Crippen LogP contribution in [0.25, 0.3) is 0 Å². The molecule has 0 aliphatic heterocycles. The first-order chi connectivity index (χ1) is 7.59. The van der Waals surface area contributed by atoms with E-state index in [9.17, 15) is 4.79 Å². The molecule has 2 rings (SSSR count). The summed E-state index contributed by atoms with van der Waals surface area (Å²) in [5.41, 5.74) is 0.931. The van der Waals surface area contributed by atoms with Gasteiger partial charge in [-0.2, -0.15) is 5.10 Å². The fraction of sp³-hybridized carbons (Fsp3) is 0.200. The molecule has 0 atom stereocenters. The molecule has 0 fully saturated rings. The van der Waals surface area contributed by atoms with Gasteiger partial charge in [0.1, 0.15) is 5.56 Å². The average Bonchev–Trinajstić information content (AvgIpc) is 2.76. The summed E-state index contributed by atoms with van der Waals surface area (Å²) in [6, 6.07) is 1.97. The molecule has 0 unspecified atom stereocenters. The zero-order valence-corrected chi connectivity index (χ0v) is 10.9. The molecule has 84 valence electrons. The van der Waals surface area contributed by atoms with Crippen LogP contribution in [0.1, 0.15) is 20.9 Å². The van der Waals surface area contributed by atoms with E-state index in [1.54, 1.807) is 22.9 Å². The van der Waals surface area contributed by atoms with Crippen LogP contribution in [-0.2, 0) is 6.54 Å². The van der Waals surface area contributed by atoms with Crippen LogP contribution in [0.2, 0.25) is 0 Å². The molecule has 0 amide bonds. The third-order valence-electron chi connectivity index (χ3n) is 2.32. The Kier molecular flexibility index (Phi) is 3.11. The van der Waals surface area contributed by atoms with Crippen molar-refractivity contribution in [1.82, 2.24) is 9.78 Å². The van der Waals surface area contributed by atoms with Crippen molar-refractivity contribution in [3.8, 4) is 0 Å². The van der Waals surface area contributed by atoms with Crippen molar-refractivity contribution in [2.75, 3.05) is 0 Å². The second-order valence-electron chi connectivity index (χ2n) is 3.30. The average molecular weight is 301 g/mol. The number of carboxylic acid groups (broad SMARTS) is 1. The largest absolute Gasteiger partial charge is 0.478 e. The van der Waals surface area contributed by atoms with Crippen molar-refractivity contribution in [1.29, 1.82) is 0 Å². The van der Waals surface area contributed by atoms with E-state index >= 15 is 0 Å². The lowest BCUT2D eigenvalue weighted by Crippen LogP contribution is -2.05. The molecule has 2 aromatic heterocycles. The van der Waals surface area contributed by atoms with E-state index in [0.717, 1.165) is 9.35 Å². The second kappa shape index (κ2) is 4.39. The lowest BCUT2D eigenvalue weighted by Gasteiger charge is -2.03. The number of hydrogen-bond acceptors (Lipinski definition) is 3. The molecule has 0 aliphatic rings. The maximum atomic E-state index is 10.8. The molecule has 2 aromatic rings. The van der Waals surface area contributed by atoms with Gasteiger partial charge in [0.15, 0.2) is 0 Å². The molecule has 0 bridgehead atoms. The van der Waals surface area contributed by atoms with Gasteiger partial charge < -0.3 is 5.11 Å². The van der Waals surface area contributed by atoms with Crippen molar-refractivity contribution in [2.45, 2.75) is 13.5 Å². The molecular weight excluding hydrogens is 292 g/mol. The normalized spacial score (nSPS) is 10.6. The maximum Gasteiger partial charge on any atom is 0.339 e. The van der Waals surface area contributed by atoms with Crippen LogP contribution in [0.3, 0.4) is 0 Å². The summed E-state index contributed by atoms with van der Waals surface area (Å²) in [4.78, 5) is 12.0. The number of nitrogens with zero attached hydrogens (tertiary/aromatic N) is 2. The van der Waals surface area contributed by atoms with Gasteiger partial charge in [-0.3, -0.25) is 4.68 Å². The Morgan fingerprint density at radius 3 is 2.94 bits per heavy atom. The molecule has 1 N–H and O–H groups in total. The topological polar surface area (TPSA) is 55.1 Å². The van der Waals surface area contributed by atoms with Gasteiger partial charge in [0.05, 0.1) is 18.4 Å². The van der Waals surface area contributed by atoms with Gasteiger partial charge in [-0.15, -0.1) is 11.3 Å². The molecule has 0 saturated carbocycles. The SMILES string of the molecule is Cc1c(C(=O)O)cnn1Cc1sccc1Br. The van der Waals surface area contributed by atoms with Gasteiger partial charge in [0.2, 0.25) is 0 Å². The Balaban J connectivity index is 2.29. The molecule has 0 spiro atoms. The molecule has 0 aliphatic carbocycles. The summed E-state index contributed by atoms with van der Waals surface area (Å²) in [7, 11) is 0. The molecule has 0 radical (unpaired) electrons. The number of carboxylic acids is 1. The molecule has 6 heteroatoms. The third-order valence-corrected chi connectivity index (χ3v) is 4.23. The minimum absolute atomic E-state index is 0.257. The first kappa shape index (κ1) is 11.3. The molecule has 0 aromatic carbocycles. The van der Waals surface area contributed by atoms with E-state index < -0.39 is 5.97 Å². The molecule has 4 nitrogen and oxygen atoms in total. The van der Waals surface area contributed by atoms with Crippen LogP contribution in [0.4, 0.5) is 0 Å². The van der Waals surface area contributed by atoms with Gasteiger partial charge in [0, 0.05) is 9.35 Å². The number of thiophene rings is 1. The van der Waals surface area contributed by atoms with Gasteiger partial charge in [-0.25, -0.2) is 4.79 Å². The number of carbonyl (C=O) groups is 1. The van der Waals surface area contributed by atoms with Crippen molar-refractivity contribution in [2.24, 2.45) is 0 Å². The Labute approximate surface area is 105 Å². The van der Waals surface area contributed by atoms with Crippen LogP contribution < -0.4 is 0 Å². The van der Waals surface area contributed by atoms with Crippen molar-refractivity contribution in [3.05, 3.63) is 38.3 Å². The Hall–Kier alpha value is -1.14. The Morgan fingerprint density at radius 2 is 2.44 bits per heavy atom. The van der Waals surface area contributed by atoms with E-state index in [1.165, 1.54) is 6.20 Å². The lowest BCUT2D eigenvalue weighted by molar-refractivity contribution is 0.0696. The van der Waals surface area contributed by atoms with Gasteiger partial charge in [-0.1, -0.05) is 0 Å². The monoisotopic (exact) mass is 300 g/mol. The van der Waals surface area contributed by atoms with Crippen LogP contribution in [0, 0.1) is 6.92 Å². The van der Waals surface area contributed by atoms with Crippen molar-refractivity contribution in [3.63, 3.8) is 0 Å². The van der Waals surface area contributed by atoms with Gasteiger partial charge in [-0.05, 0) is 34.3 Å². The number of aromatic carboxylic acids is 1. The van der Waals surface area contributed by atoms with Crippen LogP contribution in [0.15, 0.2) is 22.1 Å². The zero-order valence-electron chi connectivity index (χ0n) is 8.48. The first-order valence-electron chi connectivity index (χ1n) is 4.57. The highest BCUT2D eigenvalue weighted by molar-refractivity contribution is 9.10. The highest BCUT2D eigenvalue weighted by Crippen LogP contribution is 2.24. The van der Waals surface area contributed by atoms with Crippen LogP contribution in [0.5, 0.6) is 0 Å². The third kappa shape index (κ3) is 2.03. The molecule has 0 saturated heterocycles.